The van der Waals surface area contributed by atoms with Crippen LogP contribution in [0.1, 0.15) is 16.7 Å². The highest BCUT2D eigenvalue weighted by molar-refractivity contribution is 7.71. The minimum absolute atomic E-state index is 0.168. The van der Waals surface area contributed by atoms with Crippen molar-refractivity contribution in [2.75, 3.05) is 0 Å². The summed E-state index contributed by atoms with van der Waals surface area (Å²) in [5.74, 6) is 0.920. The first-order chi connectivity index (χ1) is 15.6. The number of ether oxygens (including phenoxy) is 1. The van der Waals surface area contributed by atoms with Crippen LogP contribution < -0.4 is 4.74 Å². The fourth-order valence-electron chi connectivity index (χ4n) is 2.99. The molecule has 0 aliphatic rings. The molecule has 1 heterocycles. The molecule has 32 heavy (non-hydrogen) atoms. The van der Waals surface area contributed by atoms with Crippen molar-refractivity contribution in [3.05, 3.63) is 98.2 Å². The highest BCUT2D eigenvalue weighted by Crippen LogP contribution is 2.34. The first-order valence-electron chi connectivity index (χ1n) is 9.44. The Bertz CT molecular complexity index is 1370. The monoisotopic (exact) mass is 479 g/mol. The number of nitrogens with one attached hydrogen (secondary N) is 1. The summed E-state index contributed by atoms with van der Waals surface area (Å²) < 4.78 is 7.68. The van der Waals surface area contributed by atoms with Crippen LogP contribution in [0, 0.1) is 16.1 Å². The lowest BCUT2D eigenvalue weighted by Crippen LogP contribution is -2.00. The van der Waals surface area contributed by atoms with Gasteiger partial charge in [-0.1, -0.05) is 71.7 Å². The number of aromatic amines is 1. The number of rotatable bonds is 6. The summed E-state index contributed by atoms with van der Waals surface area (Å²) in [5, 5.41) is 21.3. The number of nitriles is 1. The van der Waals surface area contributed by atoms with E-state index in [0.717, 1.165) is 11.1 Å². The van der Waals surface area contributed by atoms with E-state index in [4.69, 9.17) is 40.2 Å². The Balaban J connectivity index is 1.57. The van der Waals surface area contributed by atoms with Gasteiger partial charge in [-0.15, -0.1) is 0 Å². The number of hydrogen-bond acceptors (Lipinski definition) is 5. The van der Waals surface area contributed by atoms with Gasteiger partial charge in [0.25, 0.3) is 0 Å². The van der Waals surface area contributed by atoms with Crippen LogP contribution in [0.15, 0.2) is 71.8 Å². The molecule has 4 rings (SSSR count). The molecule has 9 heteroatoms. The third-order valence-corrected chi connectivity index (χ3v) is 5.36. The van der Waals surface area contributed by atoms with Gasteiger partial charge >= 0.3 is 0 Å². The van der Waals surface area contributed by atoms with Crippen molar-refractivity contribution in [1.29, 1.82) is 5.26 Å². The summed E-state index contributed by atoms with van der Waals surface area (Å²) in [4.78, 5) is 0. The molecule has 0 saturated carbocycles. The average Bonchev–Trinajstić information content (AvgIpc) is 3.18. The van der Waals surface area contributed by atoms with Crippen molar-refractivity contribution >= 4 is 41.6 Å². The van der Waals surface area contributed by atoms with Gasteiger partial charge in [-0.3, -0.25) is 0 Å². The van der Waals surface area contributed by atoms with Gasteiger partial charge in [0, 0.05) is 11.1 Å². The summed E-state index contributed by atoms with van der Waals surface area (Å²) >= 11 is 18.1. The molecule has 0 saturated heterocycles. The van der Waals surface area contributed by atoms with E-state index < -0.39 is 0 Å². The van der Waals surface area contributed by atoms with Gasteiger partial charge in [-0.2, -0.15) is 20.1 Å². The van der Waals surface area contributed by atoms with E-state index in [1.165, 1.54) is 4.68 Å². The van der Waals surface area contributed by atoms with E-state index in [0.29, 0.717) is 37.5 Å². The Kier molecular flexibility index (Phi) is 6.66. The number of benzene rings is 3. The van der Waals surface area contributed by atoms with Crippen molar-refractivity contribution in [3.8, 4) is 23.2 Å². The average molecular weight is 480 g/mol. The summed E-state index contributed by atoms with van der Waals surface area (Å²) in [5.41, 5.74) is 2.81. The Morgan fingerprint density at radius 2 is 1.78 bits per heavy atom. The summed E-state index contributed by atoms with van der Waals surface area (Å²) in [6, 6.07) is 22.3. The Morgan fingerprint density at radius 1 is 1.09 bits per heavy atom. The van der Waals surface area contributed by atoms with Crippen molar-refractivity contribution in [2.24, 2.45) is 5.10 Å². The van der Waals surface area contributed by atoms with Crippen molar-refractivity contribution < 1.29 is 4.74 Å². The molecule has 0 fully saturated rings. The zero-order valence-corrected chi connectivity index (χ0v) is 18.8. The maximum absolute atomic E-state index is 9.22. The fraction of sp³-hybridized carbons (Fsp3) is 0.0435. The molecule has 1 aromatic heterocycles. The van der Waals surface area contributed by atoms with Crippen LogP contribution in [-0.2, 0) is 6.61 Å². The predicted octanol–water partition coefficient (Wildman–Crippen LogP) is 6.25. The first kappa shape index (κ1) is 21.8. The van der Waals surface area contributed by atoms with Crippen LogP contribution in [-0.4, -0.2) is 21.1 Å². The van der Waals surface area contributed by atoms with E-state index in [9.17, 15) is 5.26 Å². The molecule has 0 atom stereocenters. The van der Waals surface area contributed by atoms with E-state index in [1.54, 1.807) is 30.5 Å². The van der Waals surface area contributed by atoms with E-state index in [-0.39, 0.29) is 6.61 Å². The van der Waals surface area contributed by atoms with Gasteiger partial charge in [-0.25, -0.2) is 5.10 Å². The lowest BCUT2D eigenvalue weighted by molar-refractivity contribution is 0.306. The van der Waals surface area contributed by atoms with Crippen molar-refractivity contribution in [3.63, 3.8) is 0 Å². The first-order valence-corrected chi connectivity index (χ1v) is 10.6. The molecule has 4 aromatic rings. The molecule has 0 aliphatic heterocycles. The molecular formula is C23H15Cl2N5OS. The van der Waals surface area contributed by atoms with E-state index in [2.05, 4.69) is 21.4 Å². The van der Waals surface area contributed by atoms with Gasteiger partial charge in [0.05, 0.1) is 27.9 Å². The molecular weight excluding hydrogens is 465 g/mol. The summed E-state index contributed by atoms with van der Waals surface area (Å²) in [6.45, 7) is 0.168. The highest BCUT2D eigenvalue weighted by atomic mass is 35.5. The van der Waals surface area contributed by atoms with Crippen LogP contribution >= 0.6 is 35.4 Å². The van der Waals surface area contributed by atoms with Gasteiger partial charge in [0.1, 0.15) is 6.61 Å². The van der Waals surface area contributed by atoms with Crippen LogP contribution in [0.5, 0.6) is 5.75 Å². The summed E-state index contributed by atoms with van der Waals surface area (Å²) in [7, 11) is 0. The molecule has 0 radical (unpaired) electrons. The molecule has 0 bridgehead atoms. The number of nitrogens with zero attached hydrogens (tertiary/aromatic N) is 4. The molecule has 3 aromatic carbocycles. The lowest BCUT2D eigenvalue weighted by atomic mass is 10.1. The van der Waals surface area contributed by atoms with Crippen LogP contribution in [0.3, 0.4) is 0 Å². The second-order valence-electron chi connectivity index (χ2n) is 6.65. The number of H-pyrrole nitrogens is 1. The third kappa shape index (κ3) is 4.73. The highest BCUT2D eigenvalue weighted by Gasteiger charge is 2.12. The standard InChI is InChI=1S/C23H15Cl2N5OS/c24-19-10-15(11-20(25)21(19)31-14-18-9-5-4-8-17(18)12-26)13-27-30-22(28-29-23(30)32)16-6-2-1-3-7-16/h1-11,13H,14H2,(H,29,32)/b27-13-. The van der Waals surface area contributed by atoms with Crippen molar-refractivity contribution in [2.45, 2.75) is 6.61 Å². The minimum Gasteiger partial charge on any atom is -0.486 e. The molecule has 0 spiro atoms. The second kappa shape index (κ2) is 9.79. The Labute approximate surface area is 199 Å². The molecule has 0 unspecified atom stereocenters. The number of halogens is 2. The largest absolute Gasteiger partial charge is 0.486 e. The molecule has 0 aliphatic carbocycles. The third-order valence-electron chi connectivity index (χ3n) is 4.54. The molecule has 1 N–H and O–H groups in total. The smallest absolute Gasteiger partial charge is 0.216 e. The minimum atomic E-state index is 0.168. The zero-order chi connectivity index (χ0) is 22.5. The second-order valence-corrected chi connectivity index (χ2v) is 7.85. The zero-order valence-electron chi connectivity index (χ0n) is 16.5. The Morgan fingerprint density at radius 3 is 2.50 bits per heavy atom. The van der Waals surface area contributed by atoms with Gasteiger partial charge in [0.15, 0.2) is 11.6 Å². The van der Waals surface area contributed by atoms with Crippen molar-refractivity contribution in [1.82, 2.24) is 14.9 Å². The number of aromatic nitrogens is 3. The SMILES string of the molecule is N#Cc1ccccc1COc1c(Cl)cc(/C=N\n2c(-c3ccccc3)n[nH]c2=S)cc1Cl. The maximum Gasteiger partial charge on any atom is 0.216 e. The van der Waals surface area contributed by atoms with Gasteiger partial charge < -0.3 is 4.74 Å². The summed E-state index contributed by atoms with van der Waals surface area (Å²) in [6.07, 6.45) is 1.59. The van der Waals surface area contributed by atoms with E-state index in [1.807, 2.05) is 42.5 Å². The Hall–Kier alpha value is -3.44. The topological polar surface area (TPSA) is 79.0 Å². The quantitative estimate of drug-likeness (QED) is 0.262. The van der Waals surface area contributed by atoms with E-state index >= 15 is 0 Å². The molecule has 158 valence electrons. The predicted molar refractivity (Wildman–Crippen MR) is 128 cm³/mol. The fourth-order valence-corrected chi connectivity index (χ4v) is 3.79. The lowest BCUT2D eigenvalue weighted by Gasteiger charge is -2.11. The van der Waals surface area contributed by atoms with Gasteiger partial charge in [-0.05, 0) is 36.0 Å². The van der Waals surface area contributed by atoms with Crippen LogP contribution in [0.25, 0.3) is 11.4 Å². The van der Waals surface area contributed by atoms with Crippen LogP contribution in [0.4, 0.5) is 0 Å². The molecule has 0 amide bonds. The molecule has 6 nitrogen and oxygen atoms in total. The maximum atomic E-state index is 9.22. The normalized spacial score (nSPS) is 10.9. The number of hydrogen-bond donors (Lipinski definition) is 1. The van der Waals surface area contributed by atoms with Gasteiger partial charge in [0.2, 0.25) is 4.77 Å². The van der Waals surface area contributed by atoms with Crippen LogP contribution in [0.2, 0.25) is 10.0 Å².